The highest BCUT2D eigenvalue weighted by Crippen LogP contribution is 2.35. The second-order valence-corrected chi connectivity index (χ2v) is 6.57. The number of esters is 1. The van der Waals surface area contributed by atoms with Crippen molar-refractivity contribution in [1.29, 1.82) is 0 Å². The molecule has 1 N–H and O–H groups in total. The molecule has 7 nitrogen and oxygen atoms in total. The monoisotopic (exact) mass is 484 g/mol. The van der Waals surface area contributed by atoms with Gasteiger partial charge >= 0.3 is 12.1 Å². The van der Waals surface area contributed by atoms with Crippen LogP contribution in [-0.2, 0) is 15.7 Å². The minimum atomic E-state index is -4.92. The van der Waals surface area contributed by atoms with Crippen molar-refractivity contribution < 1.29 is 32.3 Å². The van der Waals surface area contributed by atoms with Crippen LogP contribution in [0.1, 0.15) is 17.7 Å². The molecule has 0 aliphatic heterocycles. The minimum absolute atomic E-state index is 0.000104. The summed E-state index contributed by atoms with van der Waals surface area (Å²) >= 11 is 6.01. The smallest absolute Gasteiger partial charge is 0.434 e. The van der Waals surface area contributed by atoms with E-state index in [1.165, 1.54) is 30.5 Å². The lowest BCUT2D eigenvalue weighted by molar-refractivity contribution is -0.143. The summed E-state index contributed by atoms with van der Waals surface area (Å²) in [5.41, 5.74) is -3.86. The zero-order valence-corrected chi connectivity index (χ0v) is 17.8. The van der Waals surface area contributed by atoms with Crippen molar-refractivity contribution in [3.05, 3.63) is 83.2 Å². The second kappa shape index (κ2) is 11.2. The Morgan fingerprint density at radius 3 is 2.61 bits per heavy atom. The summed E-state index contributed by atoms with van der Waals surface area (Å²) in [6, 6.07) is 2.76. The molecule has 0 bridgehead atoms. The Morgan fingerprint density at radius 1 is 1.36 bits per heavy atom. The van der Waals surface area contributed by atoms with E-state index in [2.05, 4.69) is 26.6 Å². The molecule has 0 spiro atoms. The summed E-state index contributed by atoms with van der Waals surface area (Å²) in [6.45, 7) is 3.47. The third kappa shape index (κ3) is 5.95. The molecule has 2 rings (SSSR count). The molecule has 0 aliphatic rings. The first kappa shape index (κ1) is 25.5. The Morgan fingerprint density at radius 2 is 2.09 bits per heavy atom. The number of pyridine rings is 1. The van der Waals surface area contributed by atoms with E-state index in [0.29, 0.717) is 10.8 Å². The SMILES string of the molecule is C=CCC=C(Cl)C(=C/F)/C(=N/O)C(=C/c1cnn(-c2cccnc2)c1C(F)(F)F)/C(=O)OC. The fourth-order valence-corrected chi connectivity index (χ4v) is 2.90. The van der Waals surface area contributed by atoms with E-state index in [1.807, 2.05) is 0 Å². The summed E-state index contributed by atoms with van der Waals surface area (Å²) in [5, 5.41) is 15.8. The van der Waals surface area contributed by atoms with Crippen molar-refractivity contribution in [3.63, 3.8) is 0 Å². The highest BCUT2D eigenvalue weighted by Gasteiger charge is 2.39. The normalized spacial score (nSPS) is 13.8. The van der Waals surface area contributed by atoms with E-state index in [1.54, 1.807) is 0 Å². The number of halogens is 5. The molecule has 0 unspecified atom stereocenters. The number of nitrogens with zero attached hydrogens (tertiary/aromatic N) is 4. The quantitative estimate of drug-likeness (QED) is 0.0810. The fourth-order valence-electron chi connectivity index (χ4n) is 2.68. The molecular weight excluding hydrogens is 468 g/mol. The number of aromatic nitrogens is 3. The number of rotatable bonds is 8. The number of carbonyl (C=O) groups excluding carboxylic acids is 1. The van der Waals surface area contributed by atoms with Gasteiger partial charge in [-0.2, -0.15) is 18.3 Å². The average Bonchev–Trinajstić information content (AvgIpc) is 3.24. The molecule has 0 amide bonds. The predicted molar refractivity (Wildman–Crippen MR) is 114 cm³/mol. The first-order valence-electron chi connectivity index (χ1n) is 9.05. The number of carbonyl (C=O) groups is 1. The summed E-state index contributed by atoms with van der Waals surface area (Å²) in [4.78, 5) is 16.2. The molecule has 0 atom stereocenters. The van der Waals surface area contributed by atoms with Crippen molar-refractivity contribution in [3.8, 4) is 5.69 Å². The molecule has 0 saturated heterocycles. The molecule has 33 heavy (non-hydrogen) atoms. The van der Waals surface area contributed by atoms with Crippen LogP contribution in [0.15, 0.2) is 77.1 Å². The Labute approximate surface area is 190 Å². The van der Waals surface area contributed by atoms with E-state index < -0.39 is 40.3 Å². The van der Waals surface area contributed by atoms with Gasteiger partial charge in [-0.1, -0.05) is 28.9 Å². The topological polar surface area (TPSA) is 89.6 Å². The maximum absolute atomic E-state index is 13.9. The number of hydrogen-bond acceptors (Lipinski definition) is 6. The van der Waals surface area contributed by atoms with Crippen LogP contribution < -0.4 is 0 Å². The van der Waals surface area contributed by atoms with Crippen LogP contribution in [0.4, 0.5) is 17.6 Å². The highest BCUT2D eigenvalue weighted by atomic mass is 35.5. The van der Waals surface area contributed by atoms with Crippen LogP contribution in [0.5, 0.6) is 0 Å². The van der Waals surface area contributed by atoms with E-state index in [9.17, 15) is 27.6 Å². The van der Waals surface area contributed by atoms with Crippen LogP contribution in [0, 0.1) is 0 Å². The van der Waals surface area contributed by atoms with E-state index >= 15 is 0 Å². The largest absolute Gasteiger partial charge is 0.465 e. The fraction of sp³-hybridized carbons (Fsp3) is 0.143. The lowest BCUT2D eigenvalue weighted by atomic mass is 10.00. The molecule has 2 heterocycles. The van der Waals surface area contributed by atoms with Crippen molar-refractivity contribution in [2.45, 2.75) is 12.6 Å². The maximum atomic E-state index is 13.9. The number of ether oxygens (including phenoxy) is 1. The third-order valence-corrected chi connectivity index (χ3v) is 4.46. The van der Waals surface area contributed by atoms with Gasteiger partial charge in [0.05, 0.1) is 42.7 Å². The Balaban J connectivity index is 2.75. The average molecular weight is 485 g/mol. The molecule has 174 valence electrons. The van der Waals surface area contributed by atoms with Gasteiger partial charge in [-0.05, 0) is 24.6 Å². The van der Waals surface area contributed by atoms with E-state index in [-0.39, 0.29) is 23.5 Å². The summed E-state index contributed by atoms with van der Waals surface area (Å²) < 4.78 is 60.6. The molecule has 2 aromatic rings. The number of methoxy groups -OCH3 is 1. The molecular formula is C21H17ClF4N4O3. The maximum Gasteiger partial charge on any atom is 0.434 e. The predicted octanol–water partition coefficient (Wildman–Crippen LogP) is 5.22. The van der Waals surface area contributed by atoms with Crippen molar-refractivity contribution in [2.75, 3.05) is 7.11 Å². The zero-order valence-electron chi connectivity index (χ0n) is 17.1. The summed E-state index contributed by atoms with van der Waals surface area (Å²) in [7, 11) is 0.947. The van der Waals surface area contributed by atoms with Crippen LogP contribution in [0.2, 0.25) is 0 Å². The number of allylic oxidation sites excluding steroid dienone is 4. The molecule has 2 aromatic heterocycles. The van der Waals surface area contributed by atoms with Gasteiger partial charge in [0.2, 0.25) is 0 Å². The van der Waals surface area contributed by atoms with Gasteiger partial charge in [0.15, 0.2) is 5.69 Å². The standard InChI is InChI=1S/C21H17ClF4N4O3/c1-3-4-7-17(22)16(10-23)18(29-32)15(20(31)33-2)9-13-11-28-30(19(13)21(24,25)26)14-6-5-8-27-12-14/h3,5-12,32H,1,4H2,2H3/b15-9-,16-10-,17-7?,29-18+. The lowest BCUT2D eigenvalue weighted by Crippen LogP contribution is -2.18. The molecule has 0 radical (unpaired) electrons. The van der Waals surface area contributed by atoms with Gasteiger partial charge in [-0.25, -0.2) is 13.9 Å². The van der Waals surface area contributed by atoms with Crippen LogP contribution >= 0.6 is 11.6 Å². The van der Waals surface area contributed by atoms with E-state index in [4.69, 9.17) is 11.6 Å². The Bertz CT molecular complexity index is 1140. The Kier molecular flexibility index (Phi) is 8.69. The number of oxime groups is 1. The van der Waals surface area contributed by atoms with Gasteiger partial charge in [-0.3, -0.25) is 4.98 Å². The molecule has 0 saturated carbocycles. The summed E-state index contributed by atoms with van der Waals surface area (Å²) in [5.74, 6) is -1.21. The van der Waals surface area contributed by atoms with Gasteiger partial charge in [0.1, 0.15) is 5.71 Å². The minimum Gasteiger partial charge on any atom is -0.465 e. The number of hydrogen-bond donors (Lipinski definition) is 1. The van der Waals surface area contributed by atoms with Crippen molar-refractivity contribution in [1.82, 2.24) is 14.8 Å². The highest BCUT2D eigenvalue weighted by molar-refractivity contribution is 6.40. The van der Waals surface area contributed by atoms with Crippen LogP contribution in [0.25, 0.3) is 11.8 Å². The van der Waals surface area contributed by atoms with Gasteiger partial charge in [0, 0.05) is 16.8 Å². The van der Waals surface area contributed by atoms with E-state index in [0.717, 1.165) is 19.5 Å². The summed E-state index contributed by atoms with van der Waals surface area (Å²) in [6.07, 6.45) is 2.03. The molecule has 12 heteroatoms. The number of alkyl halides is 3. The molecule has 0 aliphatic carbocycles. The Hall–Kier alpha value is -3.73. The second-order valence-electron chi connectivity index (χ2n) is 6.17. The first-order chi connectivity index (χ1) is 15.7. The van der Waals surface area contributed by atoms with Crippen LogP contribution in [0.3, 0.4) is 0 Å². The van der Waals surface area contributed by atoms with Crippen molar-refractivity contribution in [2.24, 2.45) is 5.16 Å². The zero-order chi connectivity index (χ0) is 24.6. The third-order valence-electron chi connectivity index (χ3n) is 4.10. The molecule has 0 aromatic carbocycles. The van der Waals surface area contributed by atoms with Crippen LogP contribution in [-0.4, -0.2) is 38.8 Å². The van der Waals surface area contributed by atoms with Gasteiger partial charge in [-0.15, -0.1) is 6.58 Å². The van der Waals surface area contributed by atoms with Gasteiger partial charge < -0.3 is 9.94 Å². The van der Waals surface area contributed by atoms with Gasteiger partial charge in [0.25, 0.3) is 0 Å². The molecule has 0 fully saturated rings. The van der Waals surface area contributed by atoms with Crippen molar-refractivity contribution >= 4 is 29.4 Å². The lowest BCUT2D eigenvalue weighted by Gasteiger charge is -2.13. The first-order valence-corrected chi connectivity index (χ1v) is 9.43.